The van der Waals surface area contributed by atoms with E-state index in [1.165, 1.54) is 0 Å². The minimum atomic E-state index is -0.787. The van der Waals surface area contributed by atoms with E-state index < -0.39 is 10.8 Å². The van der Waals surface area contributed by atoms with Gasteiger partial charge < -0.3 is 5.73 Å². The fourth-order valence-corrected chi connectivity index (χ4v) is 2.67. The average molecular weight is 266 g/mol. The average Bonchev–Trinajstić information content (AvgIpc) is 2.61. The molecule has 2 rings (SSSR count). The first kappa shape index (κ1) is 13.0. The molecule has 98 valence electrons. The monoisotopic (exact) mass is 266 g/mol. The molecule has 0 aliphatic rings. The van der Waals surface area contributed by atoms with Crippen LogP contribution in [0.3, 0.4) is 0 Å². The maximum Gasteiger partial charge on any atom is 0.202 e. The minimum absolute atomic E-state index is 0.147. The van der Waals surface area contributed by atoms with Gasteiger partial charge in [-0.1, -0.05) is 0 Å². The summed E-state index contributed by atoms with van der Waals surface area (Å²) >= 11 is 0. The van der Waals surface area contributed by atoms with Crippen LogP contribution in [-0.4, -0.2) is 30.8 Å². The van der Waals surface area contributed by atoms with Crippen molar-refractivity contribution in [3.63, 3.8) is 0 Å². The zero-order chi connectivity index (χ0) is 13.3. The molecule has 18 heavy (non-hydrogen) atoms. The number of hydrogen-bond acceptors (Lipinski definition) is 4. The summed E-state index contributed by atoms with van der Waals surface area (Å²) in [5.74, 6) is 1.13. The molecule has 0 aliphatic carbocycles. The van der Waals surface area contributed by atoms with Crippen LogP contribution in [0.5, 0.6) is 0 Å². The van der Waals surface area contributed by atoms with Crippen LogP contribution in [0.1, 0.15) is 24.9 Å². The first-order valence-electron chi connectivity index (χ1n) is 5.89. The molecule has 2 aromatic rings. The molecule has 2 unspecified atom stereocenters. The van der Waals surface area contributed by atoms with Crippen molar-refractivity contribution >= 4 is 27.9 Å². The van der Waals surface area contributed by atoms with E-state index in [-0.39, 0.29) is 6.04 Å². The molecule has 2 atom stereocenters. The van der Waals surface area contributed by atoms with Gasteiger partial charge in [0.05, 0.1) is 0 Å². The lowest BCUT2D eigenvalue weighted by atomic mass is 10.2. The van der Waals surface area contributed by atoms with Gasteiger partial charge in [0.25, 0.3) is 0 Å². The number of nitrogens with zero attached hydrogens (tertiary/aromatic N) is 3. The number of nitrogens with two attached hydrogens (primary N) is 1. The third-order valence-electron chi connectivity index (χ3n) is 2.96. The van der Waals surface area contributed by atoms with E-state index in [1.807, 2.05) is 30.7 Å². The van der Waals surface area contributed by atoms with E-state index >= 15 is 0 Å². The summed E-state index contributed by atoms with van der Waals surface area (Å²) in [4.78, 5) is 8.72. The summed E-state index contributed by atoms with van der Waals surface area (Å²) in [6.07, 6.45) is 4.32. The number of hydrogen-bond donors (Lipinski definition) is 1. The first-order chi connectivity index (χ1) is 8.49. The highest BCUT2D eigenvalue weighted by molar-refractivity contribution is 7.84. The maximum atomic E-state index is 11.2. The SMILES string of the molecule is Cc1cnc2c(c1)nc(N)n2C(C)CCS(C)=O. The van der Waals surface area contributed by atoms with E-state index in [4.69, 9.17) is 5.73 Å². The van der Waals surface area contributed by atoms with Crippen molar-refractivity contribution in [3.8, 4) is 0 Å². The van der Waals surface area contributed by atoms with Crippen molar-refractivity contribution in [2.75, 3.05) is 17.7 Å². The Morgan fingerprint density at radius 2 is 2.28 bits per heavy atom. The Morgan fingerprint density at radius 3 is 2.94 bits per heavy atom. The summed E-state index contributed by atoms with van der Waals surface area (Å²) < 4.78 is 13.1. The van der Waals surface area contributed by atoms with Gasteiger partial charge in [-0.05, 0) is 31.9 Å². The molecule has 0 bridgehead atoms. The summed E-state index contributed by atoms with van der Waals surface area (Å²) in [6.45, 7) is 4.02. The van der Waals surface area contributed by atoms with Crippen LogP contribution in [0.15, 0.2) is 12.3 Å². The maximum absolute atomic E-state index is 11.2. The molecule has 0 aromatic carbocycles. The first-order valence-corrected chi connectivity index (χ1v) is 7.62. The molecule has 0 fully saturated rings. The van der Waals surface area contributed by atoms with E-state index in [0.29, 0.717) is 11.7 Å². The Hall–Kier alpha value is -1.43. The lowest BCUT2D eigenvalue weighted by molar-refractivity contribution is 0.549. The van der Waals surface area contributed by atoms with Crippen molar-refractivity contribution in [2.24, 2.45) is 0 Å². The quantitative estimate of drug-likeness (QED) is 0.913. The molecule has 2 heterocycles. The highest BCUT2D eigenvalue weighted by Crippen LogP contribution is 2.23. The molecule has 0 radical (unpaired) electrons. The second kappa shape index (κ2) is 5.06. The van der Waals surface area contributed by atoms with E-state index in [9.17, 15) is 4.21 Å². The topological polar surface area (TPSA) is 73.8 Å². The number of rotatable bonds is 4. The summed E-state index contributed by atoms with van der Waals surface area (Å²) in [5, 5.41) is 0. The minimum Gasteiger partial charge on any atom is -0.369 e. The van der Waals surface area contributed by atoms with E-state index in [1.54, 1.807) is 6.26 Å². The second-order valence-corrected chi connectivity index (χ2v) is 6.17. The Bertz CT molecular complexity index is 593. The van der Waals surface area contributed by atoms with Crippen LogP contribution >= 0.6 is 0 Å². The number of aromatic nitrogens is 3. The Balaban J connectivity index is 2.37. The molecule has 2 N–H and O–H groups in total. The van der Waals surface area contributed by atoms with Gasteiger partial charge in [-0.3, -0.25) is 8.78 Å². The number of aryl methyl sites for hydroxylation is 1. The van der Waals surface area contributed by atoms with Crippen molar-refractivity contribution < 1.29 is 4.21 Å². The number of nitrogen functional groups attached to an aromatic ring is 1. The highest BCUT2D eigenvalue weighted by atomic mass is 32.2. The second-order valence-electron chi connectivity index (χ2n) is 4.61. The van der Waals surface area contributed by atoms with Gasteiger partial charge in [0.1, 0.15) is 5.52 Å². The predicted octanol–water partition coefficient (Wildman–Crippen LogP) is 1.65. The number of anilines is 1. The van der Waals surface area contributed by atoms with Gasteiger partial charge in [-0.2, -0.15) is 0 Å². The number of fused-ring (bicyclic) bond motifs is 1. The van der Waals surface area contributed by atoms with Crippen LogP contribution in [0.2, 0.25) is 0 Å². The molecule has 2 aromatic heterocycles. The molecule has 0 saturated carbocycles. The van der Waals surface area contributed by atoms with Gasteiger partial charge in [0, 0.05) is 35.0 Å². The Labute approximate surface area is 109 Å². The van der Waals surface area contributed by atoms with Crippen LogP contribution in [0, 0.1) is 6.92 Å². The smallest absolute Gasteiger partial charge is 0.202 e. The van der Waals surface area contributed by atoms with Crippen molar-refractivity contribution in [3.05, 3.63) is 17.8 Å². The molecule has 0 spiro atoms. The molecule has 5 nitrogen and oxygen atoms in total. The van der Waals surface area contributed by atoms with Crippen molar-refractivity contribution in [2.45, 2.75) is 26.3 Å². The molecule has 6 heteroatoms. The predicted molar refractivity (Wildman–Crippen MR) is 74.9 cm³/mol. The van der Waals surface area contributed by atoms with Crippen LogP contribution in [-0.2, 0) is 10.8 Å². The number of pyridine rings is 1. The molecular formula is C12H18N4OS. The van der Waals surface area contributed by atoms with Crippen LogP contribution in [0.25, 0.3) is 11.2 Å². The van der Waals surface area contributed by atoms with Crippen LogP contribution in [0.4, 0.5) is 5.95 Å². The standard InChI is InChI=1S/C12H18N4OS/c1-8-6-10-11(14-7-8)16(12(13)15-10)9(2)4-5-18(3)17/h6-7,9H,4-5H2,1-3H3,(H2,13,15). The van der Waals surface area contributed by atoms with E-state index in [2.05, 4.69) is 9.97 Å². The Kier molecular flexibility index (Phi) is 3.65. The van der Waals surface area contributed by atoms with Crippen LogP contribution < -0.4 is 5.73 Å². The normalized spacial score (nSPS) is 14.8. The molecular weight excluding hydrogens is 248 g/mol. The van der Waals surface area contributed by atoms with Crippen molar-refractivity contribution in [1.82, 2.24) is 14.5 Å². The fraction of sp³-hybridized carbons (Fsp3) is 0.500. The zero-order valence-electron chi connectivity index (χ0n) is 10.9. The van der Waals surface area contributed by atoms with E-state index in [0.717, 1.165) is 23.1 Å². The summed E-state index contributed by atoms with van der Waals surface area (Å²) in [6, 6.07) is 2.12. The third kappa shape index (κ3) is 2.53. The number of imidazole rings is 1. The third-order valence-corrected chi connectivity index (χ3v) is 3.77. The van der Waals surface area contributed by atoms with Gasteiger partial charge in [0.15, 0.2) is 5.65 Å². The van der Waals surface area contributed by atoms with Crippen molar-refractivity contribution in [1.29, 1.82) is 0 Å². The molecule has 0 amide bonds. The summed E-state index contributed by atoms with van der Waals surface area (Å²) in [5.41, 5.74) is 8.63. The molecule has 0 aliphatic heterocycles. The lowest BCUT2D eigenvalue weighted by Gasteiger charge is -2.14. The zero-order valence-corrected chi connectivity index (χ0v) is 11.7. The fourth-order valence-electron chi connectivity index (χ4n) is 2.00. The highest BCUT2D eigenvalue weighted by Gasteiger charge is 2.15. The molecule has 0 saturated heterocycles. The van der Waals surface area contributed by atoms with Gasteiger partial charge in [-0.25, -0.2) is 9.97 Å². The largest absolute Gasteiger partial charge is 0.369 e. The van der Waals surface area contributed by atoms with Gasteiger partial charge in [0.2, 0.25) is 5.95 Å². The van der Waals surface area contributed by atoms with Gasteiger partial charge >= 0.3 is 0 Å². The lowest BCUT2D eigenvalue weighted by Crippen LogP contribution is -2.12. The van der Waals surface area contributed by atoms with Gasteiger partial charge in [-0.15, -0.1) is 0 Å². The Morgan fingerprint density at radius 1 is 1.56 bits per heavy atom. The summed E-state index contributed by atoms with van der Waals surface area (Å²) in [7, 11) is -0.787.